The molecule has 0 aliphatic rings. The van der Waals surface area contributed by atoms with Crippen molar-refractivity contribution in [3.8, 4) is 11.5 Å². The highest BCUT2D eigenvalue weighted by molar-refractivity contribution is 5.85. The van der Waals surface area contributed by atoms with Crippen LogP contribution in [0.25, 0.3) is 6.08 Å². The number of nitro benzene ring substituents is 1. The number of hydrogen-bond acceptors (Lipinski definition) is 5. The molecule has 7 nitrogen and oxygen atoms in total. The maximum Gasteiger partial charge on any atom is 0.328 e. The van der Waals surface area contributed by atoms with Gasteiger partial charge in [-0.25, -0.2) is 4.79 Å². The Kier molecular flexibility index (Phi) is 5.51. The van der Waals surface area contributed by atoms with E-state index in [-0.39, 0.29) is 12.3 Å². The predicted molar refractivity (Wildman–Crippen MR) is 87.1 cm³/mol. The zero-order valence-corrected chi connectivity index (χ0v) is 12.8. The molecule has 2 aromatic carbocycles. The van der Waals surface area contributed by atoms with E-state index >= 15 is 0 Å². The van der Waals surface area contributed by atoms with Gasteiger partial charge < -0.3 is 14.6 Å². The van der Waals surface area contributed by atoms with Gasteiger partial charge >= 0.3 is 5.97 Å². The van der Waals surface area contributed by atoms with E-state index < -0.39 is 10.9 Å². The summed E-state index contributed by atoms with van der Waals surface area (Å²) >= 11 is 0. The van der Waals surface area contributed by atoms with Crippen LogP contribution in [0.4, 0.5) is 5.69 Å². The molecule has 0 bridgehead atoms. The van der Waals surface area contributed by atoms with Crippen molar-refractivity contribution < 1.29 is 24.3 Å². The monoisotopic (exact) mass is 329 g/mol. The zero-order valence-electron chi connectivity index (χ0n) is 12.8. The molecule has 2 aromatic rings. The summed E-state index contributed by atoms with van der Waals surface area (Å²) in [5.41, 5.74) is 1.41. The van der Waals surface area contributed by atoms with Crippen LogP contribution in [0.5, 0.6) is 11.5 Å². The van der Waals surface area contributed by atoms with E-state index in [0.29, 0.717) is 17.1 Å². The normalized spacial score (nSPS) is 10.5. The van der Waals surface area contributed by atoms with E-state index in [4.69, 9.17) is 14.6 Å². The number of rotatable bonds is 7. The third-order valence-electron chi connectivity index (χ3n) is 3.16. The van der Waals surface area contributed by atoms with Crippen molar-refractivity contribution in [3.05, 3.63) is 69.8 Å². The number of carboxylic acid groups (broad SMARTS) is 1. The van der Waals surface area contributed by atoms with E-state index in [9.17, 15) is 14.9 Å². The van der Waals surface area contributed by atoms with Crippen LogP contribution in [-0.4, -0.2) is 23.1 Å². The second kappa shape index (κ2) is 7.77. The molecule has 2 rings (SSSR count). The molecule has 7 heteroatoms. The van der Waals surface area contributed by atoms with Gasteiger partial charge in [-0.3, -0.25) is 10.1 Å². The lowest BCUT2D eigenvalue weighted by Crippen LogP contribution is -1.99. The number of nitro groups is 1. The minimum Gasteiger partial charge on any atom is -0.496 e. The van der Waals surface area contributed by atoms with Gasteiger partial charge in [0.15, 0.2) is 0 Å². The molecule has 0 aliphatic carbocycles. The van der Waals surface area contributed by atoms with Gasteiger partial charge in [0.05, 0.1) is 12.0 Å². The molecule has 1 N–H and O–H groups in total. The molecule has 0 amide bonds. The number of ether oxygens (including phenoxy) is 2. The number of methoxy groups -OCH3 is 1. The maximum absolute atomic E-state index is 10.6. The summed E-state index contributed by atoms with van der Waals surface area (Å²) in [5, 5.41) is 19.3. The van der Waals surface area contributed by atoms with Crippen molar-refractivity contribution in [1.82, 2.24) is 0 Å². The molecule has 124 valence electrons. The zero-order chi connectivity index (χ0) is 17.5. The maximum atomic E-state index is 10.6. The first-order valence-corrected chi connectivity index (χ1v) is 6.95. The summed E-state index contributed by atoms with van der Waals surface area (Å²) in [4.78, 5) is 20.7. The SMILES string of the molecule is COc1ccc(C=CC(=O)O)cc1COc1ccc([N+](=O)[O-])cc1. The molecule has 24 heavy (non-hydrogen) atoms. The number of aliphatic carboxylic acids is 1. The van der Waals surface area contributed by atoms with Gasteiger partial charge in [-0.1, -0.05) is 6.07 Å². The van der Waals surface area contributed by atoms with E-state index in [1.54, 1.807) is 18.2 Å². The second-order valence-corrected chi connectivity index (χ2v) is 4.78. The Bertz CT molecular complexity index is 767. The fraction of sp³-hybridized carbons (Fsp3) is 0.118. The third-order valence-corrected chi connectivity index (χ3v) is 3.16. The van der Waals surface area contributed by atoms with E-state index in [1.807, 2.05) is 0 Å². The van der Waals surface area contributed by atoms with Gasteiger partial charge in [-0.2, -0.15) is 0 Å². The van der Waals surface area contributed by atoms with Crippen molar-refractivity contribution in [3.63, 3.8) is 0 Å². The molecular weight excluding hydrogens is 314 g/mol. The number of carboxylic acids is 1. The van der Waals surface area contributed by atoms with Gasteiger partial charge in [0.2, 0.25) is 0 Å². The van der Waals surface area contributed by atoms with Crippen LogP contribution in [0.3, 0.4) is 0 Å². The summed E-state index contributed by atoms with van der Waals surface area (Å²) in [6, 6.07) is 10.9. The van der Waals surface area contributed by atoms with Crippen LogP contribution < -0.4 is 9.47 Å². The Hall–Kier alpha value is -3.35. The number of carbonyl (C=O) groups is 1. The number of nitrogens with zero attached hydrogens (tertiary/aromatic N) is 1. The lowest BCUT2D eigenvalue weighted by atomic mass is 10.1. The lowest BCUT2D eigenvalue weighted by Gasteiger charge is -2.11. The molecule has 0 aliphatic heterocycles. The number of benzene rings is 2. The first-order valence-electron chi connectivity index (χ1n) is 6.95. The molecule has 0 saturated carbocycles. The van der Waals surface area contributed by atoms with E-state index in [0.717, 1.165) is 11.6 Å². The van der Waals surface area contributed by atoms with Crippen LogP contribution in [0.2, 0.25) is 0 Å². The molecule has 0 fully saturated rings. The highest BCUT2D eigenvalue weighted by Crippen LogP contribution is 2.24. The smallest absolute Gasteiger partial charge is 0.328 e. The quantitative estimate of drug-likeness (QED) is 0.475. The standard InChI is InChI=1S/C17H15NO6/c1-23-16-8-2-12(3-9-17(19)20)10-13(16)11-24-15-6-4-14(5-7-15)18(21)22/h2-10H,11H2,1H3,(H,19,20). The molecular formula is C17H15NO6. The number of hydrogen-bond donors (Lipinski definition) is 1. The summed E-state index contributed by atoms with van der Waals surface area (Å²) in [5.74, 6) is 0.0491. The fourth-order valence-corrected chi connectivity index (χ4v) is 2.01. The predicted octanol–water partition coefficient (Wildman–Crippen LogP) is 3.28. The van der Waals surface area contributed by atoms with Gasteiger partial charge in [-0.05, 0) is 35.9 Å². The minimum absolute atomic E-state index is 0.0132. The average molecular weight is 329 g/mol. The lowest BCUT2D eigenvalue weighted by molar-refractivity contribution is -0.384. The molecule has 0 atom stereocenters. The highest BCUT2D eigenvalue weighted by atomic mass is 16.6. The number of non-ortho nitro benzene ring substituents is 1. The Morgan fingerprint density at radius 1 is 1.25 bits per heavy atom. The van der Waals surface area contributed by atoms with Gasteiger partial charge in [0, 0.05) is 23.8 Å². The van der Waals surface area contributed by atoms with Crippen molar-refractivity contribution >= 4 is 17.7 Å². The molecule has 0 saturated heterocycles. The third kappa shape index (κ3) is 4.57. The first-order chi connectivity index (χ1) is 11.5. The molecule has 0 unspecified atom stereocenters. The second-order valence-electron chi connectivity index (χ2n) is 4.78. The largest absolute Gasteiger partial charge is 0.496 e. The van der Waals surface area contributed by atoms with Gasteiger partial charge in [0.1, 0.15) is 18.1 Å². The van der Waals surface area contributed by atoms with Gasteiger partial charge in [-0.15, -0.1) is 0 Å². The minimum atomic E-state index is -1.03. The molecule has 0 aromatic heterocycles. The average Bonchev–Trinajstić information content (AvgIpc) is 2.58. The van der Waals surface area contributed by atoms with Crippen LogP contribution in [0, 0.1) is 10.1 Å². The van der Waals surface area contributed by atoms with Crippen molar-refractivity contribution in [2.24, 2.45) is 0 Å². The summed E-state index contributed by atoms with van der Waals surface area (Å²) in [6.07, 6.45) is 2.51. The summed E-state index contributed by atoms with van der Waals surface area (Å²) < 4.78 is 10.9. The van der Waals surface area contributed by atoms with Crippen LogP contribution in [0.15, 0.2) is 48.5 Å². The van der Waals surface area contributed by atoms with Crippen LogP contribution in [-0.2, 0) is 11.4 Å². The highest BCUT2D eigenvalue weighted by Gasteiger charge is 2.07. The van der Waals surface area contributed by atoms with Gasteiger partial charge in [0.25, 0.3) is 5.69 Å². The van der Waals surface area contributed by atoms with E-state index in [2.05, 4.69) is 0 Å². The summed E-state index contributed by atoms with van der Waals surface area (Å²) in [7, 11) is 1.53. The Morgan fingerprint density at radius 2 is 1.96 bits per heavy atom. The fourth-order valence-electron chi connectivity index (χ4n) is 2.01. The first kappa shape index (κ1) is 17.0. The topological polar surface area (TPSA) is 98.9 Å². The summed E-state index contributed by atoms with van der Waals surface area (Å²) in [6.45, 7) is 0.176. The van der Waals surface area contributed by atoms with Crippen LogP contribution >= 0.6 is 0 Å². The van der Waals surface area contributed by atoms with Crippen molar-refractivity contribution in [2.75, 3.05) is 7.11 Å². The molecule has 0 heterocycles. The van der Waals surface area contributed by atoms with Crippen LogP contribution in [0.1, 0.15) is 11.1 Å². The Morgan fingerprint density at radius 3 is 2.54 bits per heavy atom. The Labute approximate surface area is 137 Å². The van der Waals surface area contributed by atoms with E-state index in [1.165, 1.54) is 37.5 Å². The molecule has 0 radical (unpaired) electrons. The Balaban J connectivity index is 2.13. The molecule has 0 spiro atoms. The van der Waals surface area contributed by atoms with Crippen molar-refractivity contribution in [2.45, 2.75) is 6.61 Å². The van der Waals surface area contributed by atoms with Crippen molar-refractivity contribution in [1.29, 1.82) is 0 Å².